The van der Waals surface area contributed by atoms with Gasteiger partial charge in [0.2, 0.25) is 0 Å². The van der Waals surface area contributed by atoms with Gasteiger partial charge in [0, 0.05) is 10.7 Å². The van der Waals surface area contributed by atoms with Crippen LogP contribution in [0.5, 0.6) is 5.75 Å². The predicted octanol–water partition coefficient (Wildman–Crippen LogP) is 4.71. The third-order valence-corrected chi connectivity index (χ3v) is 4.65. The standard InChI is InChI=1S/C24H22ClN3O3/c1-16-6-8-18(9-7-16)15-31-22-12-10-19(11-13-22)17(2)27-28-24(30)23(29)26-21-5-3-4-20(25)14-21/h3-14H,15H2,1-2H3,(H,26,29)(H,28,30). The minimum atomic E-state index is -0.877. The van der Waals surface area contributed by atoms with E-state index in [0.29, 0.717) is 23.0 Å². The van der Waals surface area contributed by atoms with Crippen LogP contribution in [0.3, 0.4) is 0 Å². The van der Waals surface area contributed by atoms with Crippen molar-refractivity contribution < 1.29 is 14.3 Å². The number of carbonyl (C=O) groups is 2. The molecule has 2 N–H and O–H groups in total. The van der Waals surface area contributed by atoms with Gasteiger partial charge >= 0.3 is 11.8 Å². The number of halogens is 1. The van der Waals surface area contributed by atoms with Gasteiger partial charge in [0.15, 0.2) is 0 Å². The highest BCUT2D eigenvalue weighted by molar-refractivity contribution is 6.39. The number of hydrazone groups is 1. The molecule has 3 aromatic rings. The maximum atomic E-state index is 12.0. The highest BCUT2D eigenvalue weighted by Crippen LogP contribution is 2.16. The molecule has 0 aliphatic rings. The number of hydrogen-bond acceptors (Lipinski definition) is 4. The summed E-state index contributed by atoms with van der Waals surface area (Å²) in [6, 6.07) is 22.0. The van der Waals surface area contributed by atoms with Crippen molar-refractivity contribution in [2.75, 3.05) is 5.32 Å². The fraction of sp³-hybridized carbons (Fsp3) is 0.125. The molecule has 3 aromatic carbocycles. The molecule has 0 aliphatic carbocycles. The molecule has 6 nitrogen and oxygen atoms in total. The molecule has 7 heteroatoms. The number of carbonyl (C=O) groups excluding carboxylic acids is 2. The van der Waals surface area contributed by atoms with Crippen LogP contribution < -0.4 is 15.5 Å². The number of ether oxygens (including phenoxy) is 1. The maximum Gasteiger partial charge on any atom is 0.329 e. The number of benzene rings is 3. The third-order valence-electron chi connectivity index (χ3n) is 4.41. The molecule has 0 bridgehead atoms. The fourth-order valence-corrected chi connectivity index (χ4v) is 2.84. The molecule has 0 aliphatic heterocycles. The number of rotatable bonds is 6. The molecule has 0 unspecified atom stereocenters. The average Bonchev–Trinajstić information content (AvgIpc) is 2.77. The van der Waals surface area contributed by atoms with Gasteiger partial charge in [-0.05, 0) is 67.4 Å². The van der Waals surface area contributed by atoms with Crippen LogP contribution in [0.1, 0.15) is 23.6 Å². The van der Waals surface area contributed by atoms with Crippen molar-refractivity contribution in [3.63, 3.8) is 0 Å². The first-order chi connectivity index (χ1) is 14.9. The normalized spacial score (nSPS) is 11.0. The van der Waals surface area contributed by atoms with Crippen molar-refractivity contribution in [3.05, 3.63) is 94.5 Å². The van der Waals surface area contributed by atoms with Crippen LogP contribution in [0.25, 0.3) is 0 Å². The Labute approximate surface area is 185 Å². The number of hydrogen-bond donors (Lipinski definition) is 2. The van der Waals surface area contributed by atoms with E-state index in [2.05, 4.69) is 15.8 Å². The zero-order valence-corrected chi connectivity index (χ0v) is 17.9. The molecule has 2 amide bonds. The van der Waals surface area contributed by atoms with E-state index < -0.39 is 11.8 Å². The first-order valence-corrected chi connectivity index (χ1v) is 9.98. The van der Waals surface area contributed by atoms with E-state index in [1.807, 2.05) is 55.5 Å². The van der Waals surface area contributed by atoms with E-state index in [1.165, 1.54) is 5.56 Å². The van der Waals surface area contributed by atoms with Gasteiger partial charge in [0.1, 0.15) is 12.4 Å². The monoisotopic (exact) mass is 435 g/mol. The molecular weight excluding hydrogens is 414 g/mol. The molecule has 31 heavy (non-hydrogen) atoms. The summed E-state index contributed by atoms with van der Waals surface area (Å²) >= 11 is 5.86. The van der Waals surface area contributed by atoms with Crippen molar-refractivity contribution in [2.24, 2.45) is 5.10 Å². The minimum absolute atomic E-state index is 0.426. The van der Waals surface area contributed by atoms with Crippen LogP contribution in [0.15, 0.2) is 77.9 Å². The SMILES string of the molecule is CC(=NNC(=O)C(=O)Nc1cccc(Cl)c1)c1ccc(OCc2ccc(C)cc2)cc1. The fourth-order valence-electron chi connectivity index (χ4n) is 2.65. The lowest BCUT2D eigenvalue weighted by Crippen LogP contribution is -2.32. The van der Waals surface area contributed by atoms with Crippen LogP contribution in [0, 0.1) is 6.92 Å². The van der Waals surface area contributed by atoms with Gasteiger partial charge in [-0.3, -0.25) is 9.59 Å². The predicted molar refractivity (Wildman–Crippen MR) is 122 cm³/mol. The molecule has 0 radical (unpaired) electrons. The second kappa shape index (κ2) is 10.4. The summed E-state index contributed by atoms with van der Waals surface area (Å²) in [6.45, 7) is 4.25. The Morgan fingerprint density at radius 3 is 2.35 bits per heavy atom. The summed E-state index contributed by atoms with van der Waals surface area (Å²) in [5, 5.41) is 6.92. The van der Waals surface area contributed by atoms with Crippen LogP contribution in [-0.2, 0) is 16.2 Å². The Balaban J connectivity index is 1.52. The van der Waals surface area contributed by atoms with Crippen molar-refractivity contribution in [2.45, 2.75) is 20.5 Å². The lowest BCUT2D eigenvalue weighted by Gasteiger charge is -2.08. The molecule has 0 saturated heterocycles. The zero-order valence-electron chi connectivity index (χ0n) is 17.2. The third kappa shape index (κ3) is 6.69. The highest BCUT2D eigenvalue weighted by Gasteiger charge is 2.13. The molecule has 0 heterocycles. The van der Waals surface area contributed by atoms with E-state index >= 15 is 0 Å². The molecule has 0 spiro atoms. The van der Waals surface area contributed by atoms with Crippen LogP contribution >= 0.6 is 11.6 Å². The molecule has 0 fully saturated rings. The number of anilines is 1. The Morgan fingerprint density at radius 2 is 1.68 bits per heavy atom. The van der Waals surface area contributed by atoms with E-state index in [-0.39, 0.29) is 0 Å². The van der Waals surface area contributed by atoms with Gasteiger partial charge in [-0.25, -0.2) is 5.43 Å². The second-order valence-corrected chi connectivity index (χ2v) is 7.34. The van der Waals surface area contributed by atoms with Gasteiger partial charge in [-0.15, -0.1) is 0 Å². The Kier molecular flexibility index (Phi) is 7.40. The molecular formula is C24H22ClN3O3. The van der Waals surface area contributed by atoms with Crippen molar-refractivity contribution in [1.82, 2.24) is 5.43 Å². The topological polar surface area (TPSA) is 79.8 Å². The van der Waals surface area contributed by atoms with Gasteiger partial charge in [-0.1, -0.05) is 47.5 Å². The number of nitrogens with one attached hydrogen (secondary N) is 2. The molecule has 3 rings (SSSR count). The molecule has 0 atom stereocenters. The van der Waals surface area contributed by atoms with Gasteiger partial charge in [-0.2, -0.15) is 5.10 Å². The molecule has 0 saturated carbocycles. The van der Waals surface area contributed by atoms with E-state index in [1.54, 1.807) is 31.2 Å². The second-order valence-electron chi connectivity index (χ2n) is 6.90. The summed E-state index contributed by atoms with van der Waals surface area (Å²) in [5.74, 6) is -0.988. The maximum absolute atomic E-state index is 12.0. The lowest BCUT2D eigenvalue weighted by molar-refractivity contribution is -0.136. The summed E-state index contributed by atoms with van der Waals surface area (Å²) in [6.07, 6.45) is 0. The van der Waals surface area contributed by atoms with Gasteiger partial charge in [0.25, 0.3) is 0 Å². The first-order valence-electron chi connectivity index (χ1n) is 9.60. The summed E-state index contributed by atoms with van der Waals surface area (Å²) in [4.78, 5) is 24.0. The molecule has 0 aromatic heterocycles. The average molecular weight is 436 g/mol. The number of aryl methyl sites for hydroxylation is 1. The quantitative estimate of drug-likeness (QED) is 0.334. The van der Waals surface area contributed by atoms with Gasteiger partial charge < -0.3 is 10.1 Å². The largest absolute Gasteiger partial charge is 0.489 e. The Morgan fingerprint density at radius 1 is 0.968 bits per heavy atom. The van der Waals surface area contributed by atoms with Gasteiger partial charge in [0.05, 0.1) is 5.71 Å². The summed E-state index contributed by atoms with van der Waals surface area (Å²) in [5.41, 5.74) is 6.31. The van der Waals surface area contributed by atoms with Crippen molar-refractivity contribution >= 4 is 34.8 Å². The van der Waals surface area contributed by atoms with E-state index in [4.69, 9.17) is 16.3 Å². The van der Waals surface area contributed by atoms with Crippen LogP contribution in [0.2, 0.25) is 5.02 Å². The Bertz CT molecular complexity index is 1090. The molecule has 158 valence electrons. The van der Waals surface area contributed by atoms with Crippen molar-refractivity contribution in [1.29, 1.82) is 0 Å². The van der Waals surface area contributed by atoms with Crippen molar-refractivity contribution in [3.8, 4) is 5.75 Å². The summed E-state index contributed by atoms with van der Waals surface area (Å²) < 4.78 is 5.79. The highest BCUT2D eigenvalue weighted by atomic mass is 35.5. The van der Waals surface area contributed by atoms with Crippen LogP contribution in [-0.4, -0.2) is 17.5 Å². The van der Waals surface area contributed by atoms with E-state index in [9.17, 15) is 9.59 Å². The first kappa shape index (κ1) is 22.1. The zero-order chi connectivity index (χ0) is 22.2. The number of nitrogens with zero attached hydrogens (tertiary/aromatic N) is 1. The smallest absolute Gasteiger partial charge is 0.329 e. The summed E-state index contributed by atoms with van der Waals surface area (Å²) in [7, 11) is 0. The Hall–Kier alpha value is -3.64. The number of amides is 2. The van der Waals surface area contributed by atoms with Crippen LogP contribution in [0.4, 0.5) is 5.69 Å². The lowest BCUT2D eigenvalue weighted by atomic mass is 10.1. The van der Waals surface area contributed by atoms with E-state index in [0.717, 1.165) is 16.9 Å². The minimum Gasteiger partial charge on any atom is -0.489 e.